The van der Waals surface area contributed by atoms with Crippen LogP contribution in [0.1, 0.15) is 19.4 Å². The van der Waals surface area contributed by atoms with Gasteiger partial charge in [0.15, 0.2) is 0 Å². The highest BCUT2D eigenvalue weighted by Crippen LogP contribution is 2.28. The summed E-state index contributed by atoms with van der Waals surface area (Å²) in [7, 11) is 0. The van der Waals surface area contributed by atoms with Gasteiger partial charge in [0.2, 0.25) is 5.91 Å². The molecule has 1 fully saturated rings. The Hall–Kier alpha value is -1.42. The smallest absolute Gasteiger partial charge is 0.227 e. The van der Waals surface area contributed by atoms with Gasteiger partial charge in [0.25, 0.3) is 0 Å². The topological polar surface area (TPSA) is 40.5 Å². The lowest BCUT2D eigenvalue weighted by molar-refractivity contribution is -0.163. The molecule has 98 valence electrons. The van der Waals surface area contributed by atoms with Gasteiger partial charge in [0, 0.05) is 0 Å². The summed E-state index contributed by atoms with van der Waals surface area (Å²) in [6.45, 7) is 4.68. The van der Waals surface area contributed by atoms with E-state index >= 15 is 0 Å². The van der Waals surface area contributed by atoms with Gasteiger partial charge >= 0.3 is 0 Å². The zero-order valence-corrected chi connectivity index (χ0v) is 10.7. The highest BCUT2D eigenvalue weighted by atomic mass is 19.1. The second-order valence-corrected chi connectivity index (χ2v) is 5.31. The lowest BCUT2D eigenvalue weighted by atomic mass is 9.83. The summed E-state index contributed by atoms with van der Waals surface area (Å²) in [5.41, 5.74) is 0.0553. The molecule has 0 unspecified atom stereocenters. The molecule has 0 radical (unpaired) electrons. The van der Waals surface area contributed by atoms with Crippen molar-refractivity contribution in [3.8, 4) is 0 Å². The van der Waals surface area contributed by atoms with Crippen LogP contribution >= 0.6 is 0 Å². The largest absolute Gasteiger partial charge is 0.386 e. The van der Waals surface area contributed by atoms with Gasteiger partial charge in [-0.1, -0.05) is 26.0 Å². The Bertz CT molecular complexity index is 436. The average molecular weight is 251 g/mol. The molecule has 1 amide bonds. The Kier molecular flexibility index (Phi) is 3.39. The number of halogens is 1. The average Bonchev–Trinajstić information content (AvgIpc) is 2.27. The number of amides is 1. The Morgan fingerprint density at radius 3 is 2.44 bits per heavy atom. The van der Waals surface area contributed by atoms with Crippen molar-refractivity contribution in [2.75, 3.05) is 13.1 Å². The van der Waals surface area contributed by atoms with Crippen LogP contribution < -0.4 is 0 Å². The van der Waals surface area contributed by atoms with Gasteiger partial charge in [-0.15, -0.1) is 0 Å². The molecule has 1 aromatic carbocycles. The molecule has 0 atom stereocenters. The minimum atomic E-state index is -0.738. The zero-order chi connectivity index (χ0) is 13.3. The molecule has 18 heavy (non-hydrogen) atoms. The summed E-state index contributed by atoms with van der Waals surface area (Å²) in [5.74, 6) is -0.177. The fraction of sp³-hybridized carbons (Fsp3) is 0.500. The Labute approximate surface area is 106 Å². The summed E-state index contributed by atoms with van der Waals surface area (Å²) in [5, 5.41) is 10.1. The van der Waals surface area contributed by atoms with Gasteiger partial charge in [0.1, 0.15) is 11.4 Å². The molecule has 1 saturated heterocycles. The van der Waals surface area contributed by atoms with E-state index in [-0.39, 0.29) is 24.1 Å². The van der Waals surface area contributed by atoms with Gasteiger partial charge < -0.3 is 10.0 Å². The summed E-state index contributed by atoms with van der Waals surface area (Å²) in [6.07, 6.45) is 0.258. The van der Waals surface area contributed by atoms with E-state index in [0.29, 0.717) is 13.1 Å². The molecular weight excluding hydrogens is 233 g/mol. The van der Waals surface area contributed by atoms with Crippen LogP contribution in [0.2, 0.25) is 0 Å². The van der Waals surface area contributed by atoms with Crippen molar-refractivity contribution in [2.45, 2.75) is 25.9 Å². The third-order valence-electron chi connectivity index (χ3n) is 3.63. The van der Waals surface area contributed by atoms with Crippen molar-refractivity contribution < 1.29 is 14.3 Å². The molecule has 2 rings (SSSR count). The van der Waals surface area contributed by atoms with Crippen LogP contribution in [0.15, 0.2) is 24.3 Å². The number of likely N-dealkylation sites (tertiary alicyclic amines) is 1. The van der Waals surface area contributed by atoms with E-state index in [0.717, 1.165) is 5.56 Å². The number of aliphatic hydroxyl groups is 1. The highest BCUT2D eigenvalue weighted by Gasteiger charge is 2.45. The van der Waals surface area contributed by atoms with Crippen molar-refractivity contribution in [1.82, 2.24) is 4.90 Å². The fourth-order valence-corrected chi connectivity index (χ4v) is 2.04. The summed E-state index contributed by atoms with van der Waals surface area (Å²) in [4.78, 5) is 13.6. The monoisotopic (exact) mass is 251 g/mol. The number of β-amino-alcohol motifs (C(OH)–C–C–N with tert-alkyl or cyclic N) is 1. The standard InChI is InChI=1S/C14H18FNO2/c1-10(2)14(18)8-16(9-14)13(17)7-11-3-5-12(15)6-4-11/h3-6,10,18H,7-9H2,1-2H3. The molecule has 1 aliphatic rings. The Morgan fingerprint density at radius 2 is 1.94 bits per heavy atom. The van der Waals surface area contributed by atoms with E-state index < -0.39 is 5.60 Å². The van der Waals surface area contributed by atoms with Crippen LogP contribution in [0.25, 0.3) is 0 Å². The normalized spacial score (nSPS) is 17.7. The van der Waals surface area contributed by atoms with E-state index in [2.05, 4.69) is 0 Å². The van der Waals surface area contributed by atoms with E-state index in [4.69, 9.17) is 0 Å². The summed E-state index contributed by atoms with van der Waals surface area (Å²) >= 11 is 0. The molecule has 4 heteroatoms. The zero-order valence-electron chi connectivity index (χ0n) is 10.7. The predicted octanol–water partition coefficient (Wildman–Crippen LogP) is 1.60. The number of benzene rings is 1. The first-order valence-corrected chi connectivity index (χ1v) is 6.15. The van der Waals surface area contributed by atoms with E-state index in [9.17, 15) is 14.3 Å². The van der Waals surface area contributed by atoms with Crippen molar-refractivity contribution in [3.63, 3.8) is 0 Å². The maximum Gasteiger partial charge on any atom is 0.227 e. The first-order chi connectivity index (χ1) is 8.40. The number of hydrogen-bond acceptors (Lipinski definition) is 2. The Balaban J connectivity index is 1.89. The van der Waals surface area contributed by atoms with Crippen LogP contribution in [0.3, 0.4) is 0 Å². The molecule has 1 aromatic rings. The van der Waals surface area contributed by atoms with Gasteiger partial charge in [-0.25, -0.2) is 4.39 Å². The number of carbonyl (C=O) groups excluding carboxylic acids is 1. The van der Waals surface area contributed by atoms with Crippen LogP contribution in [0.4, 0.5) is 4.39 Å². The van der Waals surface area contributed by atoms with Crippen LogP contribution in [-0.4, -0.2) is 34.6 Å². The van der Waals surface area contributed by atoms with Gasteiger partial charge in [-0.2, -0.15) is 0 Å². The highest BCUT2D eigenvalue weighted by molar-refractivity contribution is 5.79. The third kappa shape index (κ3) is 2.53. The SMILES string of the molecule is CC(C)C1(O)CN(C(=O)Cc2ccc(F)cc2)C1. The Morgan fingerprint density at radius 1 is 1.39 bits per heavy atom. The number of rotatable bonds is 3. The molecule has 1 N–H and O–H groups in total. The molecule has 0 spiro atoms. The third-order valence-corrected chi connectivity index (χ3v) is 3.63. The lowest BCUT2D eigenvalue weighted by Gasteiger charge is -2.49. The van der Waals surface area contributed by atoms with Crippen molar-refractivity contribution >= 4 is 5.91 Å². The molecule has 3 nitrogen and oxygen atoms in total. The van der Waals surface area contributed by atoms with Crippen LogP contribution in [-0.2, 0) is 11.2 Å². The molecule has 1 heterocycles. The minimum absolute atomic E-state index is 0.0214. The molecule has 0 aromatic heterocycles. The van der Waals surface area contributed by atoms with Gasteiger partial charge in [0.05, 0.1) is 19.5 Å². The quantitative estimate of drug-likeness (QED) is 0.886. The van der Waals surface area contributed by atoms with Crippen LogP contribution in [0.5, 0.6) is 0 Å². The maximum absolute atomic E-state index is 12.7. The van der Waals surface area contributed by atoms with Crippen molar-refractivity contribution in [3.05, 3.63) is 35.6 Å². The predicted molar refractivity (Wildman–Crippen MR) is 66.5 cm³/mol. The fourth-order valence-electron chi connectivity index (χ4n) is 2.04. The number of hydrogen-bond donors (Lipinski definition) is 1. The van der Waals surface area contributed by atoms with Crippen molar-refractivity contribution in [1.29, 1.82) is 0 Å². The molecule has 0 bridgehead atoms. The summed E-state index contributed by atoms with van der Waals surface area (Å²) < 4.78 is 12.7. The van der Waals surface area contributed by atoms with E-state index in [1.54, 1.807) is 17.0 Å². The van der Waals surface area contributed by atoms with Gasteiger partial charge in [-0.05, 0) is 23.6 Å². The molecule has 1 aliphatic heterocycles. The first kappa shape index (κ1) is 13.0. The second-order valence-electron chi connectivity index (χ2n) is 5.31. The first-order valence-electron chi connectivity index (χ1n) is 6.15. The molecule has 0 aliphatic carbocycles. The van der Waals surface area contributed by atoms with Crippen LogP contribution in [0, 0.1) is 11.7 Å². The van der Waals surface area contributed by atoms with E-state index in [1.165, 1.54) is 12.1 Å². The number of nitrogens with zero attached hydrogens (tertiary/aromatic N) is 1. The maximum atomic E-state index is 12.7. The molecular formula is C14H18FNO2. The summed E-state index contributed by atoms with van der Waals surface area (Å²) in [6, 6.07) is 5.93. The number of carbonyl (C=O) groups is 1. The molecule has 0 saturated carbocycles. The van der Waals surface area contributed by atoms with Gasteiger partial charge in [-0.3, -0.25) is 4.79 Å². The van der Waals surface area contributed by atoms with E-state index in [1.807, 2.05) is 13.8 Å². The second kappa shape index (κ2) is 4.69. The van der Waals surface area contributed by atoms with Crippen molar-refractivity contribution in [2.24, 2.45) is 5.92 Å². The minimum Gasteiger partial charge on any atom is -0.386 e. The lowest BCUT2D eigenvalue weighted by Crippen LogP contribution is -2.66.